The van der Waals surface area contributed by atoms with Crippen LogP contribution in [-0.4, -0.2) is 46.4 Å². The molecule has 0 aliphatic rings. The van der Waals surface area contributed by atoms with Crippen molar-refractivity contribution in [2.24, 2.45) is 0 Å². The van der Waals surface area contributed by atoms with Crippen molar-refractivity contribution in [1.82, 2.24) is 0 Å². The van der Waals surface area contributed by atoms with Crippen molar-refractivity contribution < 1.29 is 23.2 Å². The van der Waals surface area contributed by atoms with Crippen molar-refractivity contribution in [2.75, 3.05) is 26.4 Å². The molecule has 6 nitrogen and oxygen atoms in total. The lowest BCUT2D eigenvalue weighted by atomic mass is 10.6. The number of isocyanates is 1. The van der Waals surface area contributed by atoms with Crippen LogP contribution in [0.5, 0.6) is 0 Å². The van der Waals surface area contributed by atoms with Crippen LogP contribution in [0, 0.1) is 5.41 Å². The van der Waals surface area contributed by atoms with E-state index < -0.39 is 8.80 Å². The van der Waals surface area contributed by atoms with Crippen LogP contribution in [0.2, 0.25) is 6.04 Å². The molecule has 0 saturated carbocycles. The number of rotatable bonds is 8. The third-order valence-corrected chi connectivity index (χ3v) is 4.95. The summed E-state index contributed by atoms with van der Waals surface area (Å²) in [5.41, 5.74) is 0. The summed E-state index contributed by atoms with van der Waals surface area (Å²) in [4.78, 5) is 8.35. The van der Waals surface area contributed by atoms with Crippen LogP contribution < -0.4 is 0 Å². The summed E-state index contributed by atoms with van der Waals surface area (Å²) in [6.45, 7) is 12.0. The first-order valence-corrected chi connectivity index (χ1v) is 8.57. The van der Waals surface area contributed by atoms with Gasteiger partial charge >= 0.3 is 8.80 Å². The zero-order chi connectivity index (χ0) is 15.6. The molecule has 0 aliphatic carbocycles. The van der Waals surface area contributed by atoms with Crippen molar-refractivity contribution in [3.8, 4) is 0 Å². The highest BCUT2D eigenvalue weighted by atomic mass is 28.4. The number of nitrogens with one attached hydrogen (secondary N) is 1. The van der Waals surface area contributed by atoms with E-state index in [1.54, 1.807) is 6.92 Å². The molecule has 0 unspecified atom stereocenters. The summed E-state index contributed by atoms with van der Waals surface area (Å²) in [5.74, 6) is 0. The first kappa shape index (κ1) is 23.5. The van der Waals surface area contributed by atoms with E-state index in [4.69, 9.17) is 28.6 Å². The molecule has 0 rings (SSSR count). The van der Waals surface area contributed by atoms with Crippen LogP contribution in [0.15, 0.2) is 0 Å². The van der Waals surface area contributed by atoms with Gasteiger partial charge in [-0.3, -0.25) is 0 Å². The Labute approximate surface area is 117 Å². The molecule has 0 aromatic heterocycles. The maximum absolute atomic E-state index is 8.35. The quantitative estimate of drug-likeness (QED) is 0.407. The van der Waals surface area contributed by atoms with E-state index in [-0.39, 0.29) is 6.61 Å². The maximum atomic E-state index is 8.35. The van der Waals surface area contributed by atoms with Gasteiger partial charge in [0, 0.05) is 32.5 Å². The molecule has 7 heteroatoms. The fourth-order valence-electron chi connectivity index (χ4n) is 1.31. The number of aliphatic hydroxyl groups is 1. The predicted molar refractivity (Wildman–Crippen MR) is 76.9 cm³/mol. The van der Waals surface area contributed by atoms with Gasteiger partial charge in [0.25, 0.3) is 0 Å². The van der Waals surface area contributed by atoms with Crippen LogP contribution in [0.25, 0.3) is 0 Å². The monoisotopic (exact) mass is 295 g/mol. The van der Waals surface area contributed by atoms with Crippen molar-refractivity contribution >= 4 is 14.9 Å². The molecule has 19 heavy (non-hydrogen) atoms. The lowest BCUT2D eigenvalue weighted by molar-refractivity contribution is 0.0712. The van der Waals surface area contributed by atoms with E-state index in [0.29, 0.717) is 19.8 Å². The van der Waals surface area contributed by atoms with E-state index in [1.165, 1.54) is 0 Å². The molecule has 0 bridgehead atoms. The number of hydrogen-bond donors (Lipinski definition) is 2. The Hall–Kier alpha value is -0.563. The molecule has 0 fully saturated rings. The van der Waals surface area contributed by atoms with Crippen LogP contribution in [-0.2, 0) is 18.1 Å². The molecule has 0 aliphatic heterocycles. The molecular formula is C12H29NO5Si. The third-order valence-electron chi connectivity index (χ3n) is 1.65. The molecule has 0 heterocycles. The fourth-order valence-corrected chi connectivity index (χ4v) is 3.92. The highest BCUT2D eigenvalue weighted by molar-refractivity contribution is 6.60. The van der Waals surface area contributed by atoms with Gasteiger partial charge in [0.15, 0.2) is 0 Å². The van der Waals surface area contributed by atoms with E-state index in [1.807, 2.05) is 20.8 Å². The van der Waals surface area contributed by atoms with Crippen molar-refractivity contribution in [2.45, 2.75) is 47.1 Å². The molecular weight excluding hydrogens is 266 g/mol. The van der Waals surface area contributed by atoms with Crippen molar-refractivity contribution in [3.05, 3.63) is 0 Å². The standard InChI is InChI=1S/C9H22O3Si.C2H6O.CHNO/c1-5-9-13(10-6-2,11-7-3)12-8-4;1-2-3;2-1-3/h5-9H2,1-4H3;3H,2H2,1H3;2H. The average Bonchev–Trinajstić information content (AvgIpc) is 2.32. The van der Waals surface area contributed by atoms with Gasteiger partial charge in [-0.2, -0.15) is 0 Å². The Morgan fingerprint density at radius 3 is 1.42 bits per heavy atom. The lowest BCUT2D eigenvalue weighted by Gasteiger charge is -2.27. The summed E-state index contributed by atoms with van der Waals surface area (Å²) < 4.78 is 16.9. The average molecular weight is 295 g/mol. The molecule has 2 N–H and O–H groups in total. The Bertz CT molecular complexity index is 169. The largest absolute Gasteiger partial charge is 0.500 e. The number of hydrogen-bond acceptors (Lipinski definition) is 6. The van der Waals surface area contributed by atoms with E-state index in [2.05, 4.69) is 6.92 Å². The molecule has 116 valence electrons. The second-order valence-corrected chi connectivity index (χ2v) is 5.88. The topological polar surface area (TPSA) is 88.8 Å². The van der Waals surface area contributed by atoms with Crippen LogP contribution in [0.1, 0.15) is 41.0 Å². The SMILES string of the molecule is CCC[Si](OCC)(OCC)OCC.CCO.N=C=O. The lowest BCUT2D eigenvalue weighted by Crippen LogP contribution is -2.45. The molecule has 0 aromatic carbocycles. The van der Waals surface area contributed by atoms with Crippen LogP contribution >= 0.6 is 0 Å². The second kappa shape index (κ2) is 19.8. The summed E-state index contributed by atoms with van der Waals surface area (Å²) in [7, 11) is -2.30. The van der Waals surface area contributed by atoms with E-state index in [9.17, 15) is 0 Å². The Kier molecular flexibility index (Phi) is 24.5. The summed E-state index contributed by atoms with van der Waals surface area (Å²) in [5, 5.41) is 13.0. The Balaban J connectivity index is -0.000000360. The smallest absolute Gasteiger partial charge is 0.397 e. The Morgan fingerprint density at radius 2 is 1.26 bits per heavy atom. The van der Waals surface area contributed by atoms with Crippen molar-refractivity contribution in [1.29, 1.82) is 5.41 Å². The molecule has 0 amide bonds. The molecule has 0 spiro atoms. The minimum atomic E-state index is -2.30. The summed E-state index contributed by atoms with van der Waals surface area (Å²) >= 11 is 0. The van der Waals surface area contributed by atoms with Gasteiger partial charge in [-0.15, -0.1) is 0 Å². The normalized spacial score (nSPS) is 9.58. The van der Waals surface area contributed by atoms with Gasteiger partial charge in [0.05, 0.1) is 0 Å². The van der Waals surface area contributed by atoms with E-state index >= 15 is 0 Å². The van der Waals surface area contributed by atoms with Gasteiger partial charge in [0.1, 0.15) is 0 Å². The predicted octanol–water partition coefficient (Wildman–Crippen LogP) is 2.34. The van der Waals surface area contributed by atoms with Gasteiger partial charge < -0.3 is 18.4 Å². The minimum absolute atomic E-state index is 0.250. The zero-order valence-corrected chi connectivity index (χ0v) is 13.8. The van der Waals surface area contributed by atoms with Gasteiger partial charge in [-0.1, -0.05) is 13.3 Å². The molecule has 0 saturated heterocycles. The molecule has 0 radical (unpaired) electrons. The minimum Gasteiger partial charge on any atom is -0.397 e. The highest BCUT2D eigenvalue weighted by Gasteiger charge is 2.38. The Morgan fingerprint density at radius 1 is 1.00 bits per heavy atom. The van der Waals surface area contributed by atoms with Gasteiger partial charge in [-0.25, -0.2) is 10.2 Å². The van der Waals surface area contributed by atoms with Gasteiger partial charge in [-0.05, 0) is 27.7 Å². The van der Waals surface area contributed by atoms with Crippen molar-refractivity contribution in [3.63, 3.8) is 0 Å². The first-order valence-electron chi connectivity index (χ1n) is 6.64. The zero-order valence-electron chi connectivity index (χ0n) is 12.8. The van der Waals surface area contributed by atoms with Gasteiger partial charge in [0.2, 0.25) is 6.08 Å². The van der Waals surface area contributed by atoms with Crippen LogP contribution in [0.3, 0.4) is 0 Å². The number of aliphatic hydroxyl groups excluding tert-OH is 1. The van der Waals surface area contributed by atoms with Crippen LogP contribution in [0.4, 0.5) is 0 Å². The second-order valence-electron chi connectivity index (χ2n) is 3.15. The first-order chi connectivity index (χ1) is 9.07. The molecule has 0 atom stereocenters. The fraction of sp³-hybridized carbons (Fsp3) is 0.917. The summed E-state index contributed by atoms with van der Waals surface area (Å²) in [6, 6.07) is 0.919. The van der Waals surface area contributed by atoms with E-state index in [0.717, 1.165) is 18.5 Å². The molecule has 0 aromatic rings. The maximum Gasteiger partial charge on any atom is 0.500 e. The summed E-state index contributed by atoms with van der Waals surface area (Å²) in [6.07, 6.45) is 1.80. The number of carbonyl (C=O) groups excluding carboxylic acids is 1. The highest BCUT2D eigenvalue weighted by Crippen LogP contribution is 2.17. The third kappa shape index (κ3) is 17.4.